The van der Waals surface area contributed by atoms with Gasteiger partial charge in [0.15, 0.2) is 6.61 Å². The van der Waals surface area contributed by atoms with Crippen LogP contribution in [-0.2, 0) is 4.79 Å². The molecular weight excluding hydrogens is 498 g/mol. The van der Waals surface area contributed by atoms with Gasteiger partial charge in [-0.2, -0.15) is 5.10 Å². The summed E-state index contributed by atoms with van der Waals surface area (Å²) < 4.78 is 5.79. The topological polar surface area (TPSA) is 126 Å². The second-order valence-electron chi connectivity index (χ2n) is 7.75. The molecule has 0 saturated carbocycles. The molecule has 0 unspecified atom stereocenters. The van der Waals surface area contributed by atoms with Gasteiger partial charge in [-0.05, 0) is 50.2 Å². The second kappa shape index (κ2) is 13.0. The minimum Gasteiger partial charge on any atom is -0.483 e. The van der Waals surface area contributed by atoms with Crippen LogP contribution in [0.3, 0.4) is 0 Å². The third-order valence-corrected chi connectivity index (χ3v) is 5.52. The van der Waals surface area contributed by atoms with Crippen LogP contribution in [0.1, 0.15) is 29.8 Å². The number of non-ortho nitro benzene ring substituents is 1. The fraction of sp³-hybridized carbons (Fsp3) is 0.192. The molecule has 2 amide bonds. The molecule has 10 nitrogen and oxygen atoms in total. The maximum atomic E-state index is 12.5. The molecule has 3 rings (SSSR count). The fourth-order valence-corrected chi connectivity index (χ4v) is 3.62. The number of halogens is 1. The number of nitrogens with one attached hydrogen (secondary N) is 2. The molecule has 0 atom stereocenters. The van der Waals surface area contributed by atoms with E-state index in [1.165, 1.54) is 30.5 Å². The lowest BCUT2D eigenvalue weighted by Crippen LogP contribution is -2.23. The van der Waals surface area contributed by atoms with Crippen molar-refractivity contribution in [2.45, 2.75) is 13.8 Å². The molecule has 0 aliphatic heterocycles. The first-order valence-corrected chi connectivity index (χ1v) is 11.8. The highest BCUT2D eigenvalue weighted by molar-refractivity contribution is 6.30. The lowest BCUT2D eigenvalue weighted by molar-refractivity contribution is -0.384. The maximum absolute atomic E-state index is 12.5. The van der Waals surface area contributed by atoms with E-state index in [9.17, 15) is 19.7 Å². The zero-order valence-corrected chi connectivity index (χ0v) is 21.1. The Morgan fingerprint density at radius 3 is 2.54 bits per heavy atom. The Morgan fingerprint density at radius 1 is 1.08 bits per heavy atom. The van der Waals surface area contributed by atoms with Gasteiger partial charge in [0.05, 0.1) is 11.1 Å². The van der Waals surface area contributed by atoms with Crippen LogP contribution in [0, 0.1) is 10.1 Å². The zero-order valence-electron chi connectivity index (χ0n) is 20.3. The number of amides is 2. The first kappa shape index (κ1) is 27.2. The molecule has 0 aliphatic carbocycles. The van der Waals surface area contributed by atoms with Crippen molar-refractivity contribution in [3.05, 3.63) is 93.0 Å². The number of nitrogens with zero attached hydrogens (tertiary/aromatic N) is 3. The minimum atomic E-state index is -0.540. The molecule has 0 spiro atoms. The van der Waals surface area contributed by atoms with Crippen LogP contribution in [0.15, 0.2) is 71.8 Å². The van der Waals surface area contributed by atoms with Crippen molar-refractivity contribution < 1.29 is 19.2 Å². The van der Waals surface area contributed by atoms with Crippen molar-refractivity contribution in [3.63, 3.8) is 0 Å². The van der Waals surface area contributed by atoms with E-state index in [0.29, 0.717) is 21.9 Å². The highest BCUT2D eigenvalue weighted by atomic mass is 35.5. The second-order valence-corrected chi connectivity index (χ2v) is 8.18. The molecule has 11 heteroatoms. The number of anilines is 2. The van der Waals surface area contributed by atoms with Crippen LogP contribution in [0.2, 0.25) is 5.02 Å². The summed E-state index contributed by atoms with van der Waals surface area (Å²) in [7, 11) is 0. The van der Waals surface area contributed by atoms with Gasteiger partial charge >= 0.3 is 0 Å². The van der Waals surface area contributed by atoms with E-state index in [2.05, 4.69) is 20.7 Å². The average molecular weight is 524 g/mol. The number of carbonyl (C=O) groups is 2. The molecule has 192 valence electrons. The summed E-state index contributed by atoms with van der Waals surface area (Å²) in [5.41, 5.74) is 4.37. The van der Waals surface area contributed by atoms with E-state index >= 15 is 0 Å². The van der Waals surface area contributed by atoms with Crippen LogP contribution in [0.4, 0.5) is 17.1 Å². The number of hydrogen-bond donors (Lipinski definition) is 2. The van der Waals surface area contributed by atoms with E-state index in [1.54, 1.807) is 36.4 Å². The van der Waals surface area contributed by atoms with Gasteiger partial charge in [-0.3, -0.25) is 19.7 Å². The van der Waals surface area contributed by atoms with Crippen molar-refractivity contribution in [1.82, 2.24) is 5.43 Å². The van der Waals surface area contributed by atoms with Gasteiger partial charge in [0, 0.05) is 58.8 Å². The first-order chi connectivity index (χ1) is 17.8. The average Bonchev–Trinajstić information content (AvgIpc) is 2.89. The van der Waals surface area contributed by atoms with E-state index in [1.807, 2.05) is 19.9 Å². The smallest absolute Gasteiger partial charge is 0.271 e. The summed E-state index contributed by atoms with van der Waals surface area (Å²) in [6, 6.07) is 17.6. The van der Waals surface area contributed by atoms with Crippen LogP contribution in [0.25, 0.3) is 0 Å². The summed E-state index contributed by atoms with van der Waals surface area (Å²) in [6.45, 7) is 5.24. The molecule has 0 aliphatic rings. The summed E-state index contributed by atoms with van der Waals surface area (Å²) in [5.74, 6) is -0.553. The SMILES string of the molecule is CCN(CC)c1ccc(/C=N\NC(=O)c2cccc(Cl)c2)c(OCC(=O)Nc2cccc([N+](=O)[O-])c2)c1. The van der Waals surface area contributed by atoms with Crippen LogP contribution in [0.5, 0.6) is 5.75 Å². The van der Waals surface area contributed by atoms with Gasteiger partial charge in [-0.25, -0.2) is 5.43 Å². The molecule has 2 N–H and O–H groups in total. The Bertz CT molecular complexity index is 1310. The van der Waals surface area contributed by atoms with Gasteiger partial charge in [-0.1, -0.05) is 23.7 Å². The first-order valence-electron chi connectivity index (χ1n) is 11.5. The largest absolute Gasteiger partial charge is 0.483 e. The highest BCUT2D eigenvalue weighted by Crippen LogP contribution is 2.25. The normalized spacial score (nSPS) is 10.7. The predicted molar refractivity (Wildman–Crippen MR) is 144 cm³/mol. The van der Waals surface area contributed by atoms with E-state index in [4.69, 9.17) is 16.3 Å². The summed E-state index contributed by atoms with van der Waals surface area (Å²) >= 11 is 5.94. The minimum absolute atomic E-state index is 0.135. The molecular formula is C26H26ClN5O5. The van der Waals surface area contributed by atoms with Gasteiger partial charge in [0.2, 0.25) is 0 Å². The Balaban J connectivity index is 1.74. The zero-order chi connectivity index (χ0) is 26.8. The highest BCUT2D eigenvalue weighted by Gasteiger charge is 2.12. The monoisotopic (exact) mass is 523 g/mol. The molecule has 3 aromatic carbocycles. The quantitative estimate of drug-likeness (QED) is 0.210. The molecule has 0 heterocycles. The lowest BCUT2D eigenvalue weighted by Gasteiger charge is -2.22. The standard InChI is InChI=1S/C26H26ClN5O5/c1-3-31(4-2)22-12-11-19(16-28-30-26(34)18-7-5-8-20(27)13-18)24(15-22)37-17-25(33)29-21-9-6-10-23(14-21)32(35)36/h5-16H,3-4,17H2,1-2H3,(H,29,33)(H,30,34)/b28-16-. The van der Waals surface area contributed by atoms with Crippen molar-refractivity contribution in [3.8, 4) is 5.75 Å². The lowest BCUT2D eigenvalue weighted by atomic mass is 10.1. The van der Waals surface area contributed by atoms with Gasteiger partial charge < -0.3 is 15.0 Å². The molecule has 0 radical (unpaired) electrons. The third-order valence-electron chi connectivity index (χ3n) is 5.28. The summed E-state index contributed by atoms with van der Waals surface area (Å²) in [5, 5.41) is 18.0. The molecule has 0 aromatic heterocycles. The summed E-state index contributed by atoms with van der Waals surface area (Å²) in [6.07, 6.45) is 1.42. The van der Waals surface area contributed by atoms with Crippen LogP contribution >= 0.6 is 11.6 Å². The molecule has 3 aromatic rings. The van der Waals surface area contributed by atoms with E-state index in [-0.39, 0.29) is 18.0 Å². The number of carbonyl (C=O) groups excluding carboxylic acids is 2. The van der Waals surface area contributed by atoms with Crippen LogP contribution in [-0.4, -0.2) is 42.6 Å². The Hall–Kier alpha value is -4.44. The maximum Gasteiger partial charge on any atom is 0.271 e. The fourth-order valence-electron chi connectivity index (χ4n) is 3.43. The molecule has 0 fully saturated rings. The van der Waals surface area contributed by atoms with Gasteiger partial charge in [-0.15, -0.1) is 0 Å². The predicted octanol–water partition coefficient (Wildman–Crippen LogP) is 4.88. The number of rotatable bonds is 11. The Kier molecular flexibility index (Phi) is 9.56. The molecule has 0 bridgehead atoms. The van der Waals surface area contributed by atoms with Gasteiger partial charge in [0.1, 0.15) is 5.75 Å². The number of ether oxygens (including phenoxy) is 1. The number of nitro benzene ring substituents is 1. The summed E-state index contributed by atoms with van der Waals surface area (Å²) in [4.78, 5) is 37.3. The number of hydrazone groups is 1. The Morgan fingerprint density at radius 2 is 1.84 bits per heavy atom. The van der Waals surface area contributed by atoms with Gasteiger partial charge in [0.25, 0.3) is 17.5 Å². The van der Waals surface area contributed by atoms with Crippen molar-refractivity contribution in [1.29, 1.82) is 0 Å². The number of benzene rings is 3. The van der Waals surface area contributed by atoms with E-state index in [0.717, 1.165) is 18.8 Å². The molecule has 37 heavy (non-hydrogen) atoms. The number of hydrogen-bond acceptors (Lipinski definition) is 7. The van der Waals surface area contributed by atoms with Crippen molar-refractivity contribution >= 4 is 46.7 Å². The number of nitro groups is 1. The molecule has 0 saturated heterocycles. The van der Waals surface area contributed by atoms with E-state index < -0.39 is 16.7 Å². The Labute approximate surface area is 219 Å². The van der Waals surface area contributed by atoms with Crippen molar-refractivity contribution in [2.24, 2.45) is 5.10 Å². The van der Waals surface area contributed by atoms with Crippen molar-refractivity contribution in [2.75, 3.05) is 29.9 Å². The van der Waals surface area contributed by atoms with Crippen LogP contribution < -0.4 is 20.4 Å². The third kappa shape index (κ3) is 7.77.